The Balaban J connectivity index is 2.89. The Morgan fingerprint density at radius 3 is 2.50 bits per heavy atom. The van der Waals surface area contributed by atoms with Crippen molar-refractivity contribution < 1.29 is 4.21 Å². The summed E-state index contributed by atoms with van der Waals surface area (Å²) in [5.41, 5.74) is 0.831. The van der Waals surface area contributed by atoms with Gasteiger partial charge in [-0.1, -0.05) is 27.5 Å². The van der Waals surface area contributed by atoms with Gasteiger partial charge in [-0.25, -0.2) is 4.21 Å². The van der Waals surface area contributed by atoms with Gasteiger partial charge in [0.25, 0.3) is 0 Å². The highest BCUT2D eigenvalue weighted by Gasteiger charge is 2.18. The molecule has 0 amide bonds. The van der Waals surface area contributed by atoms with Crippen molar-refractivity contribution in [3.63, 3.8) is 0 Å². The molecule has 1 rings (SSSR count). The minimum Gasteiger partial charge on any atom is -0.234 e. The van der Waals surface area contributed by atoms with Gasteiger partial charge in [0, 0.05) is 15.7 Å². The highest BCUT2D eigenvalue weighted by molar-refractivity contribution is 9.10. The Bertz CT molecular complexity index is 420. The number of rotatable bonds is 2. The maximum atomic E-state index is 11.7. The fourth-order valence-corrected chi connectivity index (χ4v) is 2.34. The largest absolute Gasteiger partial charge is 0.234 e. The van der Waals surface area contributed by atoms with Crippen LogP contribution in [0.15, 0.2) is 27.1 Å². The maximum absolute atomic E-state index is 11.7. The third-order valence-electron chi connectivity index (χ3n) is 1.71. The predicted octanol–water partition coefficient (Wildman–Crippen LogP) is 3.98. The highest BCUT2D eigenvalue weighted by Crippen LogP contribution is 2.19. The summed E-state index contributed by atoms with van der Waals surface area (Å²) in [7, 11) is -1.24. The first kappa shape index (κ1) is 13.9. The molecule has 0 radical (unpaired) electrons. The van der Waals surface area contributed by atoms with E-state index in [9.17, 15) is 4.21 Å². The normalized spacial score (nSPS) is 14.3. The molecule has 0 aliphatic rings. The van der Waals surface area contributed by atoms with Crippen LogP contribution >= 0.6 is 27.5 Å². The third-order valence-corrected chi connectivity index (χ3v) is 3.73. The fourth-order valence-electron chi connectivity index (χ4n) is 0.917. The molecule has 1 aromatic carbocycles. The first-order valence-corrected chi connectivity index (χ1v) is 6.99. The zero-order valence-corrected chi connectivity index (χ0v) is 12.5. The van der Waals surface area contributed by atoms with Crippen molar-refractivity contribution in [3.8, 4) is 0 Å². The predicted molar refractivity (Wildman–Crippen MR) is 74.6 cm³/mol. The summed E-state index contributed by atoms with van der Waals surface area (Å²) in [6.45, 7) is 5.65. The van der Waals surface area contributed by atoms with Crippen molar-refractivity contribution in [1.82, 2.24) is 0 Å². The molecular weight excluding hydrogens is 310 g/mol. The quantitative estimate of drug-likeness (QED) is 0.757. The van der Waals surface area contributed by atoms with Crippen molar-refractivity contribution in [3.05, 3.63) is 33.3 Å². The summed E-state index contributed by atoms with van der Waals surface area (Å²) >= 11 is 9.23. The second kappa shape index (κ2) is 5.43. The van der Waals surface area contributed by atoms with Crippen LogP contribution in [0.3, 0.4) is 0 Å². The van der Waals surface area contributed by atoms with Crippen molar-refractivity contribution in [2.75, 3.05) is 0 Å². The van der Waals surface area contributed by atoms with E-state index >= 15 is 0 Å². The standard InChI is InChI=1S/C11H13BrClNOS/c1-11(2,3)16(15)14-7-8-4-9(12)6-10(13)5-8/h4-7H,1-3H3/b14-7+/t16-/m0/s1. The van der Waals surface area contributed by atoms with Gasteiger partial charge in [-0.2, -0.15) is 4.40 Å². The van der Waals surface area contributed by atoms with Gasteiger partial charge in [-0.3, -0.25) is 0 Å². The summed E-state index contributed by atoms with van der Waals surface area (Å²) < 4.78 is 16.2. The summed E-state index contributed by atoms with van der Waals surface area (Å²) in [5, 5.41) is 0.623. The van der Waals surface area contributed by atoms with E-state index in [4.69, 9.17) is 11.6 Å². The molecule has 0 aromatic heterocycles. The number of benzene rings is 1. The second-order valence-electron chi connectivity index (χ2n) is 4.30. The van der Waals surface area contributed by atoms with E-state index in [2.05, 4.69) is 20.3 Å². The lowest BCUT2D eigenvalue weighted by atomic mass is 10.2. The molecule has 0 saturated carbocycles. The minimum atomic E-state index is -1.24. The van der Waals surface area contributed by atoms with Gasteiger partial charge in [-0.15, -0.1) is 0 Å². The molecule has 0 aliphatic heterocycles. The molecule has 5 heteroatoms. The van der Waals surface area contributed by atoms with Crippen molar-refractivity contribution in [1.29, 1.82) is 0 Å². The first-order chi connectivity index (χ1) is 7.29. The average molecular weight is 323 g/mol. The zero-order chi connectivity index (χ0) is 12.3. The molecule has 16 heavy (non-hydrogen) atoms. The molecule has 0 saturated heterocycles. The van der Waals surface area contributed by atoms with Gasteiger partial charge in [0.2, 0.25) is 0 Å². The van der Waals surface area contributed by atoms with Crippen molar-refractivity contribution in [2.24, 2.45) is 4.40 Å². The Morgan fingerprint density at radius 2 is 2.00 bits per heavy atom. The fraction of sp³-hybridized carbons (Fsp3) is 0.364. The number of halogens is 2. The molecule has 0 N–H and O–H groups in total. The van der Waals surface area contributed by atoms with E-state index in [1.54, 1.807) is 18.3 Å². The summed E-state index contributed by atoms with van der Waals surface area (Å²) in [4.78, 5) is 0. The molecule has 0 heterocycles. The van der Waals surface area contributed by atoms with E-state index in [1.165, 1.54) is 0 Å². The Hall–Kier alpha value is -0.190. The molecule has 1 aromatic rings. The molecule has 0 fully saturated rings. The van der Waals surface area contributed by atoms with Crippen LogP contribution in [0, 0.1) is 0 Å². The average Bonchev–Trinajstić information content (AvgIpc) is 2.11. The van der Waals surface area contributed by atoms with E-state index in [-0.39, 0.29) is 4.75 Å². The second-order valence-corrected chi connectivity index (χ2v) is 7.58. The smallest absolute Gasteiger partial charge is 0.144 e. The summed E-state index contributed by atoms with van der Waals surface area (Å²) in [5.74, 6) is 0. The maximum Gasteiger partial charge on any atom is 0.144 e. The lowest BCUT2D eigenvalue weighted by Gasteiger charge is -2.12. The van der Waals surface area contributed by atoms with Gasteiger partial charge in [0.15, 0.2) is 0 Å². The highest BCUT2D eigenvalue weighted by atomic mass is 79.9. The number of nitrogens with zero attached hydrogens (tertiary/aromatic N) is 1. The van der Waals surface area contributed by atoms with Crippen LogP contribution in [0.5, 0.6) is 0 Å². The molecular formula is C11H13BrClNOS. The van der Waals surface area contributed by atoms with Gasteiger partial charge >= 0.3 is 0 Å². The van der Waals surface area contributed by atoms with Crippen LogP contribution in [0.2, 0.25) is 5.02 Å². The Labute approximate surface area is 112 Å². The summed E-state index contributed by atoms with van der Waals surface area (Å²) in [6, 6.07) is 5.44. The van der Waals surface area contributed by atoms with Crippen LogP contribution in [0.25, 0.3) is 0 Å². The van der Waals surface area contributed by atoms with Crippen LogP contribution in [-0.2, 0) is 11.0 Å². The Kier molecular flexibility index (Phi) is 4.71. The lowest BCUT2D eigenvalue weighted by Crippen LogP contribution is -2.19. The van der Waals surface area contributed by atoms with Crippen LogP contribution in [-0.4, -0.2) is 15.2 Å². The molecule has 0 aliphatic carbocycles. The molecule has 0 bridgehead atoms. The third kappa shape index (κ3) is 4.36. The van der Waals surface area contributed by atoms with E-state index in [0.29, 0.717) is 5.02 Å². The lowest BCUT2D eigenvalue weighted by molar-refractivity contribution is 0.651. The monoisotopic (exact) mass is 321 g/mol. The SMILES string of the molecule is CC(C)(C)[S@](=O)/N=C/c1cc(Cl)cc(Br)c1. The van der Waals surface area contributed by atoms with Crippen LogP contribution in [0.1, 0.15) is 26.3 Å². The zero-order valence-electron chi connectivity index (χ0n) is 9.33. The molecule has 88 valence electrons. The minimum absolute atomic E-state index is 0.341. The number of hydrogen-bond donors (Lipinski definition) is 0. The first-order valence-electron chi connectivity index (χ1n) is 4.71. The van der Waals surface area contributed by atoms with E-state index in [1.807, 2.05) is 26.8 Å². The topological polar surface area (TPSA) is 29.4 Å². The summed E-state index contributed by atoms with van der Waals surface area (Å²) in [6.07, 6.45) is 1.58. The van der Waals surface area contributed by atoms with Gasteiger partial charge in [0.05, 0.1) is 4.75 Å². The molecule has 0 unspecified atom stereocenters. The van der Waals surface area contributed by atoms with Crippen molar-refractivity contribution >= 4 is 44.7 Å². The van der Waals surface area contributed by atoms with Crippen LogP contribution < -0.4 is 0 Å². The van der Waals surface area contributed by atoms with E-state index < -0.39 is 11.0 Å². The van der Waals surface area contributed by atoms with E-state index in [0.717, 1.165) is 10.0 Å². The molecule has 0 spiro atoms. The van der Waals surface area contributed by atoms with Gasteiger partial charge in [0.1, 0.15) is 11.0 Å². The molecule has 2 nitrogen and oxygen atoms in total. The Morgan fingerprint density at radius 1 is 1.38 bits per heavy atom. The van der Waals surface area contributed by atoms with Crippen LogP contribution in [0.4, 0.5) is 0 Å². The van der Waals surface area contributed by atoms with Gasteiger partial charge in [-0.05, 0) is 44.5 Å². The van der Waals surface area contributed by atoms with Gasteiger partial charge < -0.3 is 0 Å². The van der Waals surface area contributed by atoms with Crippen molar-refractivity contribution in [2.45, 2.75) is 25.5 Å². The molecule has 1 atom stereocenters. The number of hydrogen-bond acceptors (Lipinski definition) is 1.